The van der Waals surface area contributed by atoms with Gasteiger partial charge < -0.3 is 29.3 Å². The average molecular weight is 387 g/mol. The van der Waals surface area contributed by atoms with E-state index in [-0.39, 0.29) is 11.6 Å². The quantitative estimate of drug-likeness (QED) is 0.798. The predicted octanol–water partition coefficient (Wildman–Crippen LogP) is 1.51. The van der Waals surface area contributed by atoms with Gasteiger partial charge in [0.05, 0.1) is 21.3 Å². The fourth-order valence-corrected chi connectivity index (χ4v) is 2.98. The number of piperazine rings is 1. The Hall–Kier alpha value is -3.07. The molecule has 1 aliphatic rings. The van der Waals surface area contributed by atoms with E-state index in [9.17, 15) is 4.79 Å². The number of aromatic nitrogens is 2. The first-order valence-corrected chi connectivity index (χ1v) is 8.93. The van der Waals surface area contributed by atoms with Gasteiger partial charge in [-0.05, 0) is 13.1 Å². The minimum Gasteiger partial charge on any atom is -0.493 e. The van der Waals surface area contributed by atoms with Crippen LogP contribution in [0.15, 0.2) is 24.4 Å². The molecule has 0 saturated carbocycles. The molecule has 3 rings (SSSR count). The number of nitrogens with one attached hydrogen (secondary N) is 1. The summed E-state index contributed by atoms with van der Waals surface area (Å²) in [6, 6.07) is 4.93. The van der Waals surface area contributed by atoms with Crippen LogP contribution in [0.4, 0.5) is 11.6 Å². The number of anilines is 2. The van der Waals surface area contributed by atoms with Gasteiger partial charge in [0.25, 0.3) is 5.91 Å². The molecule has 2 heterocycles. The van der Waals surface area contributed by atoms with Gasteiger partial charge in [0.1, 0.15) is 5.69 Å². The second-order valence-electron chi connectivity index (χ2n) is 6.40. The molecule has 1 aromatic carbocycles. The van der Waals surface area contributed by atoms with Gasteiger partial charge in [0, 0.05) is 50.2 Å². The van der Waals surface area contributed by atoms with Crippen LogP contribution in [0, 0.1) is 0 Å². The molecular formula is C19H25N5O4. The summed E-state index contributed by atoms with van der Waals surface area (Å²) in [6.07, 6.45) is 1.60. The van der Waals surface area contributed by atoms with Crippen LogP contribution in [-0.2, 0) is 0 Å². The highest BCUT2D eigenvalue weighted by Gasteiger charge is 2.19. The van der Waals surface area contributed by atoms with Crippen LogP contribution in [0.2, 0.25) is 0 Å². The van der Waals surface area contributed by atoms with Crippen molar-refractivity contribution in [2.45, 2.75) is 0 Å². The molecular weight excluding hydrogens is 362 g/mol. The average Bonchev–Trinajstić information content (AvgIpc) is 2.73. The Bertz CT molecular complexity index is 812. The number of methoxy groups -OCH3 is 3. The summed E-state index contributed by atoms with van der Waals surface area (Å²) < 4.78 is 15.9. The molecule has 0 unspecified atom stereocenters. The Morgan fingerprint density at radius 3 is 2.25 bits per heavy atom. The van der Waals surface area contributed by atoms with Gasteiger partial charge >= 0.3 is 0 Å². The first kappa shape index (κ1) is 19.7. The van der Waals surface area contributed by atoms with Gasteiger partial charge in [-0.25, -0.2) is 9.97 Å². The van der Waals surface area contributed by atoms with Crippen LogP contribution in [0.3, 0.4) is 0 Å². The second kappa shape index (κ2) is 8.75. The van der Waals surface area contributed by atoms with E-state index < -0.39 is 0 Å². The zero-order valence-corrected chi connectivity index (χ0v) is 16.6. The molecule has 2 aromatic rings. The van der Waals surface area contributed by atoms with E-state index in [0.29, 0.717) is 28.9 Å². The Morgan fingerprint density at radius 2 is 1.68 bits per heavy atom. The van der Waals surface area contributed by atoms with Crippen molar-refractivity contribution in [3.63, 3.8) is 0 Å². The third-order valence-electron chi connectivity index (χ3n) is 4.58. The van der Waals surface area contributed by atoms with E-state index in [4.69, 9.17) is 14.2 Å². The number of likely N-dealkylation sites (N-methyl/N-ethyl adjacent to an activating group) is 1. The Labute approximate surface area is 164 Å². The number of hydrogen-bond donors (Lipinski definition) is 1. The lowest BCUT2D eigenvalue weighted by Gasteiger charge is -2.32. The van der Waals surface area contributed by atoms with Crippen LogP contribution in [0.25, 0.3) is 0 Å². The SMILES string of the molecule is COc1cc(NC(=O)c2ccnc(N3CCN(C)CC3)n2)cc(OC)c1OC. The molecule has 1 fully saturated rings. The number of amides is 1. The fourth-order valence-electron chi connectivity index (χ4n) is 2.98. The van der Waals surface area contributed by atoms with E-state index in [0.717, 1.165) is 26.2 Å². The highest BCUT2D eigenvalue weighted by molar-refractivity contribution is 6.03. The highest BCUT2D eigenvalue weighted by atomic mass is 16.5. The van der Waals surface area contributed by atoms with Crippen LogP contribution >= 0.6 is 0 Å². The van der Waals surface area contributed by atoms with Crippen molar-refractivity contribution in [3.05, 3.63) is 30.1 Å². The Morgan fingerprint density at radius 1 is 1.04 bits per heavy atom. The molecule has 9 nitrogen and oxygen atoms in total. The molecule has 0 bridgehead atoms. The molecule has 1 aromatic heterocycles. The Balaban J connectivity index is 1.79. The Kier molecular flexibility index (Phi) is 6.15. The molecule has 150 valence electrons. The maximum atomic E-state index is 12.7. The molecule has 1 amide bonds. The maximum absolute atomic E-state index is 12.7. The minimum atomic E-state index is -0.341. The van der Waals surface area contributed by atoms with Crippen LogP contribution in [0.5, 0.6) is 17.2 Å². The topological polar surface area (TPSA) is 89.1 Å². The molecule has 1 N–H and O–H groups in total. The number of carbonyl (C=O) groups excluding carboxylic acids is 1. The second-order valence-corrected chi connectivity index (χ2v) is 6.40. The summed E-state index contributed by atoms with van der Waals surface area (Å²) in [4.78, 5) is 25.8. The monoisotopic (exact) mass is 387 g/mol. The predicted molar refractivity (Wildman–Crippen MR) is 106 cm³/mol. The van der Waals surface area contributed by atoms with Crippen LogP contribution in [0.1, 0.15) is 10.5 Å². The summed E-state index contributed by atoms with van der Waals surface area (Å²) in [5.41, 5.74) is 0.803. The van der Waals surface area contributed by atoms with Crippen molar-refractivity contribution in [2.75, 3.05) is 64.8 Å². The molecule has 0 radical (unpaired) electrons. The van der Waals surface area contributed by atoms with Crippen molar-refractivity contribution in [1.82, 2.24) is 14.9 Å². The number of nitrogens with zero attached hydrogens (tertiary/aromatic N) is 4. The smallest absolute Gasteiger partial charge is 0.274 e. The summed E-state index contributed by atoms with van der Waals surface area (Å²) in [5.74, 6) is 1.59. The van der Waals surface area contributed by atoms with E-state index >= 15 is 0 Å². The first-order valence-electron chi connectivity index (χ1n) is 8.93. The fraction of sp³-hybridized carbons (Fsp3) is 0.421. The highest BCUT2D eigenvalue weighted by Crippen LogP contribution is 2.40. The van der Waals surface area contributed by atoms with E-state index in [2.05, 4.69) is 32.1 Å². The van der Waals surface area contributed by atoms with Crippen LogP contribution < -0.4 is 24.4 Å². The molecule has 28 heavy (non-hydrogen) atoms. The summed E-state index contributed by atoms with van der Waals surface area (Å²) >= 11 is 0. The summed E-state index contributed by atoms with van der Waals surface area (Å²) in [7, 11) is 6.66. The number of benzene rings is 1. The van der Waals surface area contributed by atoms with E-state index in [1.807, 2.05) is 0 Å². The van der Waals surface area contributed by atoms with Crippen molar-refractivity contribution < 1.29 is 19.0 Å². The minimum absolute atomic E-state index is 0.290. The molecule has 0 aliphatic carbocycles. The molecule has 1 saturated heterocycles. The number of rotatable bonds is 6. The third kappa shape index (κ3) is 4.25. The number of hydrogen-bond acceptors (Lipinski definition) is 8. The maximum Gasteiger partial charge on any atom is 0.274 e. The van der Waals surface area contributed by atoms with Crippen LogP contribution in [-0.4, -0.2) is 75.3 Å². The standard InChI is InChI=1S/C19H25N5O4/c1-23-7-9-24(10-8-23)19-20-6-5-14(22-19)18(25)21-13-11-15(26-2)17(28-4)16(12-13)27-3/h5-6,11-12H,7-10H2,1-4H3,(H,21,25). The largest absolute Gasteiger partial charge is 0.493 e. The van der Waals surface area contributed by atoms with Crippen molar-refractivity contribution >= 4 is 17.5 Å². The van der Waals surface area contributed by atoms with Crippen molar-refractivity contribution in [3.8, 4) is 17.2 Å². The number of carbonyl (C=O) groups is 1. The van der Waals surface area contributed by atoms with Gasteiger partial charge in [-0.15, -0.1) is 0 Å². The normalized spacial score (nSPS) is 14.5. The molecule has 0 spiro atoms. The zero-order chi connectivity index (χ0) is 20.1. The lowest BCUT2D eigenvalue weighted by atomic mass is 10.2. The van der Waals surface area contributed by atoms with E-state index in [1.54, 1.807) is 24.4 Å². The van der Waals surface area contributed by atoms with Gasteiger partial charge in [0.2, 0.25) is 11.7 Å². The lowest BCUT2D eigenvalue weighted by molar-refractivity contribution is 0.102. The van der Waals surface area contributed by atoms with Gasteiger partial charge in [-0.3, -0.25) is 4.79 Å². The summed E-state index contributed by atoms with van der Waals surface area (Å²) in [6.45, 7) is 3.53. The first-order chi connectivity index (χ1) is 13.5. The van der Waals surface area contributed by atoms with Gasteiger partial charge in [-0.1, -0.05) is 0 Å². The zero-order valence-electron chi connectivity index (χ0n) is 16.6. The van der Waals surface area contributed by atoms with Gasteiger partial charge in [0.15, 0.2) is 11.5 Å². The lowest BCUT2D eigenvalue weighted by Crippen LogP contribution is -2.45. The van der Waals surface area contributed by atoms with E-state index in [1.165, 1.54) is 21.3 Å². The summed E-state index contributed by atoms with van der Waals surface area (Å²) in [5, 5.41) is 2.82. The molecule has 0 atom stereocenters. The van der Waals surface area contributed by atoms with Crippen molar-refractivity contribution in [1.29, 1.82) is 0 Å². The third-order valence-corrected chi connectivity index (χ3v) is 4.58. The molecule has 1 aliphatic heterocycles. The van der Waals surface area contributed by atoms with Crippen molar-refractivity contribution in [2.24, 2.45) is 0 Å². The van der Waals surface area contributed by atoms with Gasteiger partial charge in [-0.2, -0.15) is 0 Å². The number of ether oxygens (including phenoxy) is 3. The molecule has 9 heteroatoms.